The van der Waals surface area contributed by atoms with Gasteiger partial charge in [-0.05, 0) is 19.8 Å². The van der Waals surface area contributed by atoms with Gasteiger partial charge < -0.3 is 15.3 Å². The van der Waals surface area contributed by atoms with Gasteiger partial charge in [0.2, 0.25) is 11.8 Å². The molecule has 108 valence electrons. The Morgan fingerprint density at radius 2 is 2.11 bits per heavy atom. The Kier molecular flexibility index (Phi) is 4.45. The monoisotopic (exact) mass is 268 g/mol. The highest BCUT2D eigenvalue weighted by atomic mass is 16.3. The van der Waals surface area contributed by atoms with Gasteiger partial charge in [-0.1, -0.05) is 19.3 Å². The molecule has 2 fully saturated rings. The van der Waals surface area contributed by atoms with Crippen molar-refractivity contribution in [3.8, 4) is 0 Å². The number of carbonyl (C=O) groups is 2. The normalized spacial score (nSPS) is 26.5. The second-order valence-electron chi connectivity index (χ2n) is 5.84. The largest absolute Gasteiger partial charge is 0.388 e. The molecule has 0 bridgehead atoms. The first kappa shape index (κ1) is 14.3. The maximum absolute atomic E-state index is 12.0. The van der Waals surface area contributed by atoms with Crippen molar-refractivity contribution in [1.82, 2.24) is 10.2 Å². The maximum Gasteiger partial charge on any atom is 0.225 e. The Hall–Kier alpha value is -1.10. The molecule has 5 nitrogen and oxygen atoms in total. The van der Waals surface area contributed by atoms with Crippen LogP contribution in [0.4, 0.5) is 0 Å². The van der Waals surface area contributed by atoms with Crippen LogP contribution < -0.4 is 5.32 Å². The van der Waals surface area contributed by atoms with Gasteiger partial charge >= 0.3 is 0 Å². The Bertz CT molecular complexity index is 351. The van der Waals surface area contributed by atoms with Crippen molar-refractivity contribution in [1.29, 1.82) is 0 Å². The molecule has 1 aliphatic carbocycles. The fraction of sp³-hybridized carbons (Fsp3) is 0.857. The van der Waals surface area contributed by atoms with Crippen molar-refractivity contribution in [2.45, 2.75) is 51.0 Å². The fourth-order valence-corrected chi connectivity index (χ4v) is 3.04. The summed E-state index contributed by atoms with van der Waals surface area (Å²) in [6.07, 6.45) is 5.04. The van der Waals surface area contributed by atoms with Crippen molar-refractivity contribution >= 4 is 11.8 Å². The standard InChI is InChI=1S/C14H24N2O3/c1-2-16-9-11(8-12(16)17)13(18)15-10-14(19)6-4-3-5-7-14/h11,19H,2-10H2,1H3,(H,15,18). The number of nitrogens with one attached hydrogen (secondary N) is 1. The van der Waals surface area contributed by atoms with Crippen LogP contribution in [0.25, 0.3) is 0 Å². The Morgan fingerprint density at radius 3 is 2.68 bits per heavy atom. The van der Waals surface area contributed by atoms with Crippen LogP contribution in [0.1, 0.15) is 45.4 Å². The first-order valence-corrected chi connectivity index (χ1v) is 7.32. The van der Waals surface area contributed by atoms with E-state index in [1.807, 2.05) is 6.92 Å². The zero-order chi connectivity index (χ0) is 13.9. The first-order valence-electron chi connectivity index (χ1n) is 7.32. The summed E-state index contributed by atoms with van der Waals surface area (Å²) < 4.78 is 0. The highest BCUT2D eigenvalue weighted by Gasteiger charge is 2.35. The molecule has 1 saturated heterocycles. The molecule has 0 aromatic carbocycles. The summed E-state index contributed by atoms with van der Waals surface area (Å²) in [6, 6.07) is 0. The minimum atomic E-state index is -0.735. The molecule has 2 aliphatic rings. The van der Waals surface area contributed by atoms with Crippen LogP contribution in [-0.4, -0.2) is 47.1 Å². The summed E-state index contributed by atoms with van der Waals surface area (Å²) >= 11 is 0. The average Bonchev–Trinajstić information content (AvgIpc) is 2.78. The second-order valence-corrected chi connectivity index (χ2v) is 5.84. The van der Waals surface area contributed by atoms with Gasteiger partial charge in [0.05, 0.1) is 11.5 Å². The SMILES string of the molecule is CCN1CC(C(=O)NCC2(O)CCCCC2)CC1=O. The van der Waals surface area contributed by atoms with Gasteiger partial charge in [-0.2, -0.15) is 0 Å². The fourth-order valence-electron chi connectivity index (χ4n) is 3.04. The van der Waals surface area contributed by atoms with E-state index in [0.717, 1.165) is 25.7 Å². The third kappa shape index (κ3) is 3.47. The molecular formula is C14H24N2O3. The van der Waals surface area contributed by atoms with Crippen LogP contribution in [0, 0.1) is 5.92 Å². The smallest absolute Gasteiger partial charge is 0.225 e. The zero-order valence-electron chi connectivity index (χ0n) is 11.7. The average molecular weight is 268 g/mol. The van der Waals surface area contributed by atoms with Gasteiger partial charge in [-0.25, -0.2) is 0 Å². The lowest BCUT2D eigenvalue weighted by atomic mass is 9.85. The van der Waals surface area contributed by atoms with Crippen LogP contribution in [-0.2, 0) is 9.59 Å². The molecule has 0 spiro atoms. The Balaban J connectivity index is 1.80. The molecule has 0 radical (unpaired) electrons. The summed E-state index contributed by atoms with van der Waals surface area (Å²) in [4.78, 5) is 25.3. The van der Waals surface area contributed by atoms with Crippen LogP contribution in [0.3, 0.4) is 0 Å². The van der Waals surface area contributed by atoms with Gasteiger partial charge in [-0.3, -0.25) is 9.59 Å². The van der Waals surface area contributed by atoms with Crippen molar-refractivity contribution in [3.05, 3.63) is 0 Å². The molecule has 2 amide bonds. The molecule has 1 aliphatic heterocycles. The molecule has 2 rings (SSSR count). The quantitative estimate of drug-likeness (QED) is 0.787. The summed E-state index contributed by atoms with van der Waals surface area (Å²) in [5.74, 6) is -0.290. The highest BCUT2D eigenvalue weighted by molar-refractivity contribution is 5.89. The van der Waals surface area contributed by atoms with Crippen molar-refractivity contribution in [3.63, 3.8) is 0 Å². The molecule has 5 heteroatoms. The van der Waals surface area contributed by atoms with E-state index in [-0.39, 0.29) is 17.7 Å². The van der Waals surface area contributed by atoms with Crippen LogP contribution in [0.15, 0.2) is 0 Å². The van der Waals surface area contributed by atoms with Gasteiger partial charge in [0, 0.05) is 26.1 Å². The van der Waals surface area contributed by atoms with E-state index in [2.05, 4.69) is 5.32 Å². The van der Waals surface area contributed by atoms with Crippen molar-refractivity contribution in [2.75, 3.05) is 19.6 Å². The van der Waals surface area contributed by atoms with Gasteiger partial charge in [0.15, 0.2) is 0 Å². The number of aliphatic hydroxyl groups is 1. The summed E-state index contributed by atoms with van der Waals surface area (Å²) in [5.41, 5.74) is -0.735. The number of hydrogen-bond donors (Lipinski definition) is 2. The molecule has 0 aromatic rings. The van der Waals surface area contributed by atoms with E-state index >= 15 is 0 Å². The molecule has 0 aromatic heterocycles. The molecule has 19 heavy (non-hydrogen) atoms. The molecule has 1 heterocycles. The minimum absolute atomic E-state index is 0.0547. The maximum atomic E-state index is 12.0. The Morgan fingerprint density at radius 1 is 1.42 bits per heavy atom. The summed E-state index contributed by atoms with van der Waals surface area (Å²) in [5, 5.41) is 13.2. The van der Waals surface area contributed by atoms with Gasteiger partial charge in [-0.15, -0.1) is 0 Å². The summed E-state index contributed by atoms with van der Waals surface area (Å²) in [6.45, 7) is 3.41. The number of nitrogens with zero attached hydrogens (tertiary/aromatic N) is 1. The third-order valence-electron chi connectivity index (χ3n) is 4.34. The third-order valence-corrected chi connectivity index (χ3v) is 4.34. The van der Waals surface area contributed by atoms with Crippen LogP contribution in [0.5, 0.6) is 0 Å². The van der Waals surface area contributed by atoms with E-state index in [0.29, 0.717) is 26.1 Å². The lowest BCUT2D eigenvalue weighted by molar-refractivity contribution is -0.129. The number of rotatable bonds is 4. The van der Waals surface area contributed by atoms with Crippen LogP contribution >= 0.6 is 0 Å². The van der Waals surface area contributed by atoms with E-state index in [1.54, 1.807) is 4.90 Å². The van der Waals surface area contributed by atoms with Crippen molar-refractivity contribution < 1.29 is 14.7 Å². The predicted octanol–water partition coefficient (Wildman–Crippen LogP) is 0.666. The van der Waals surface area contributed by atoms with Gasteiger partial charge in [0.25, 0.3) is 0 Å². The topological polar surface area (TPSA) is 69.6 Å². The lowest BCUT2D eigenvalue weighted by Crippen LogP contribution is -2.46. The predicted molar refractivity (Wildman–Crippen MR) is 71.4 cm³/mol. The molecule has 1 atom stereocenters. The van der Waals surface area contributed by atoms with Gasteiger partial charge in [0.1, 0.15) is 0 Å². The van der Waals surface area contributed by atoms with E-state index in [1.165, 1.54) is 6.42 Å². The van der Waals surface area contributed by atoms with E-state index in [4.69, 9.17) is 0 Å². The molecule has 2 N–H and O–H groups in total. The number of carbonyl (C=O) groups excluding carboxylic acids is 2. The Labute approximate surface area is 114 Å². The molecule has 1 unspecified atom stereocenters. The number of hydrogen-bond acceptors (Lipinski definition) is 3. The summed E-state index contributed by atoms with van der Waals surface area (Å²) in [7, 11) is 0. The second kappa shape index (κ2) is 5.90. The molecule has 1 saturated carbocycles. The number of likely N-dealkylation sites (tertiary alicyclic amines) is 1. The molecular weight excluding hydrogens is 244 g/mol. The van der Waals surface area contributed by atoms with E-state index < -0.39 is 5.60 Å². The van der Waals surface area contributed by atoms with Crippen LogP contribution in [0.2, 0.25) is 0 Å². The zero-order valence-corrected chi connectivity index (χ0v) is 11.7. The van der Waals surface area contributed by atoms with E-state index in [9.17, 15) is 14.7 Å². The lowest BCUT2D eigenvalue weighted by Gasteiger charge is -2.32. The first-order chi connectivity index (χ1) is 9.04. The minimum Gasteiger partial charge on any atom is -0.388 e. The van der Waals surface area contributed by atoms with Crippen molar-refractivity contribution in [2.24, 2.45) is 5.92 Å². The number of amides is 2. The highest BCUT2D eigenvalue weighted by Crippen LogP contribution is 2.27.